The number of aromatic carboxylic acids is 1. The van der Waals surface area contributed by atoms with E-state index in [0.717, 1.165) is 0 Å². The zero-order valence-corrected chi connectivity index (χ0v) is 11.3. The fourth-order valence-corrected chi connectivity index (χ4v) is 1.62. The molecule has 1 amide bonds. The minimum atomic E-state index is -1.05. The molecule has 1 aromatic rings. The van der Waals surface area contributed by atoms with E-state index < -0.39 is 5.97 Å². The van der Waals surface area contributed by atoms with Crippen LogP contribution in [0.4, 0.5) is 5.69 Å². The van der Waals surface area contributed by atoms with Crippen LogP contribution in [0.5, 0.6) is 0 Å². The maximum atomic E-state index is 11.5. The lowest BCUT2D eigenvalue weighted by atomic mass is 10.2. The number of carboxylic acid groups (broad SMARTS) is 1. The third kappa shape index (κ3) is 4.18. The number of carbonyl (C=O) groups excluding carboxylic acids is 1. The van der Waals surface area contributed by atoms with Gasteiger partial charge in [-0.05, 0) is 41.1 Å². The van der Waals surface area contributed by atoms with Crippen LogP contribution >= 0.6 is 15.9 Å². The van der Waals surface area contributed by atoms with Gasteiger partial charge in [0, 0.05) is 16.2 Å². The monoisotopic (exact) mass is 309 g/mol. The van der Waals surface area contributed by atoms with Gasteiger partial charge in [0.25, 0.3) is 0 Å². The number of amides is 1. The average molecular weight is 310 g/mol. The van der Waals surface area contributed by atoms with Crippen LogP contribution in [-0.4, -0.2) is 17.0 Å². The van der Waals surface area contributed by atoms with Gasteiger partial charge in [0.2, 0.25) is 5.91 Å². The van der Waals surface area contributed by atoms with Crippen molar-refractivity contribution in [1.82, 2.24) is 0 Å². The van der Waals surface area contributed by atoms with Crippen LogP contribution < -0.4 is 5.32 Å². The highest BCUT2D eigenvalue weighted by molar-refractivity contribution is 9.10. The molecule has 0 aromatic heterocycles. The number of hydrogen-bond acceptors (Lipinski definition) is 2. The Morgan fingerprint density at radius 1 is 1.33 bits per heavy atom. The first-order chi connectivity index (χ1) is 8.54. The molecule has 0 fully saturated rings. The molecule has 4 nitrogen and oxygen atoms in total. The van der Waals surface area contributed by atoms with Crippen molar-refractivity contribution >= 4 is 33.5 Å². The highest BCUT2D eigenvalue weighted by atomic mass is 79.9. The van der Waals surface area contributed by atoms with Gasteiger partial charge in [0.15, 0.2) is 0 Å². The first-order valence-electron chi connectivity index (χ1n) is 5.17. The normalized spacial score (nSPS) is 11.0. The molecular weight excluding hydrogens is 298 g/mol. The number of halogens is 1. The molecule has 0 radical (unpaired) electrons. The predicted molar refractivity (Wildman–Crippen MR) is 73.7 cm³/mol. The average Bonchev–Trinajstić information content (AvgIpc) is 2.31. The number of hydrogen-bond donors (Lipinski definition) is 2. The molecule has 0 aliphatic carbocycles. The molecule has 0 spiro atoms. The molecule has 1 rings (SSSR count). The standard InChI is InChI=1S/C13H12BrNO3/c1-2-3-4-5-12(16)15-9-6-7-11(14)10(8-9)13(17)18/h2-8H,1H3,(H,15,16)(H,17,18). The molecule has 0 heterocycles. The second-order valence-electron chi connectivity index (χ2n) is 3.37. The topological polar surface area (TPSA) is 66.4 Å². The number of carboxylic acids is 1. The Balaban J connectivity index is 2.83. The number of anilines is 1. The number of benzene rings is 1. The van der Waals surface area contributed by atoms with Crippen molar-refractivity contribution in [3.8, 4) is 0 Å². The lowest BCUT2D eigenvalue weighted by molar-refractivity contribution is -0.111. The largest absolute Gasteiger partial charge is 0.478 e. The summed E-state index contributed by atoms with van der Waals surface area (Å²) in [5.74, 6) is -1.37. The van der Waals surface area contributed by atoms with Crippen molar-refractivity contribution in [2.45, 2.75) is 6.92 Å². The molecule has 0 bridgehead atoms. The quantitative estimate of drug-likeness (QED) is 0.663. The molecule has 2 N–H and O–H groups in total. The molecule has 0 unspecified atom stereocenters. The Morgan fingerprint density at radius 2 is 2.06 bits per heavy atom. The van der Waals surface area contributed by atoms with E-state index in [1.54, 1.807) is 30.4 Å². The predicted octanol–water partition coefficient (Wildman–Crippen LogP) is 3.22. The summed E-state index contributed by atoms with van der Waals surface area (Å²) in [6.45, 7) is 1.84. The van der Waals surface area contributed by atoms with Crippen LogP contribution in [0.1, 0.15) is 17.3 Å². The molecule has 5 heteroatoms. The minimum absolute atomic E-state index is 0.102. The molecule has 1 aromatic carbocycles. The molecule has 0 saturated carbocycles. The lowest BCUT2D eigenvalue weighted by Crippen LogP contribution is -2.09. The van der Waals surface area contributed by atoms with Crippen LogP contribution in [0.15, 0.2) is 47.0 Å². The van der Waals surface area contributed by atoms with Crippen LogP contribution in [0, 0.1) is 0 Å². The summed E-state index contributed by atoms with van der Waals surface area (Å²) in [6, 6.07) is 4.60. The maximum absolute atomic E-state index is 11.5. The second kappa shape index (κ2) is 6.76. The first kappa shape index (κ1) is 14.2. The molecule has 0 aliphatic rings. The fraction of sp³-hybridized carbons (Fsp3) is 0.0769. The summed E-state index contributed by atoms with van der Waals surface area (Å²) in [5, 5.41) is 11.5. The Morgan fingerprint density at radius 3 is 2.67 bits per heavy atom. The van der Waals surface area contributed by atoms with E-state index in [1.807, 2.05) is 6.92 Å². The van der Waals surface area contributed by atoms with Crippen molar-refractivity contribution in [3.63, 3.8) is 0 Å². The smallest absolute Gasteiger partial charge is 0.336 e. The van der Waals surface area contributed by atoms with Gasteiger partial charge in [-0.2, -0.15) is 0 Å². The second-order valence-corrected chi connectivity index (χ2v) is 4.23. The summed E-state index contributed by atoms with van der Waals surface area (Å²) in [4.78, 5) is 22.4. The Labute approximate surface area is 113 Å². The van der Waals surface area contributed by atoms with E-state index in [4.69, 9.17) is 5.11 Å². The Hall–Kier alpha value is -1.88. The maximum Gasteiger partial charge on any atom is 0.336 e. The molecule has 0 aliphatic heterocycles. The fourth-order valence-electron chi connectivity index (χ4n) is 1.20. The Bertz CT molecular complexity index is 521. The van der Waals surface area contributed by atoms with Gasteiger partial charge in [-0.1, -0.05) is 18.2 Å². The van der Waals surface area contributed by atoms with E-state index in [1.165, 1.54) is 12.1 Å². The number of allylic oxidation sites excluding steroid dienone is 3. The summed E-state index contributed by atoms with van der Waals surface area (Å²) in [7, 11) is 0. The van der Waals surface area contributed by atoms with Gasteiger partial charge in [-0.25, -0.2) is 4.79 Å². The highest BCUT2D eigenvalue weighted by Crippen LogP contribution is 2.21. The summed E-state index contributed by atoms with van der Waals surface area (Å²) in [6.07, 6.45) is 6.49. The van der Waals surface area contributed by atoms with E-state index in [0.29, 0.717) is 10.2 Å². The van der Waals surface area contributed by atoms with E-state index in [2.05, 4.69) is 21.2 Å². The molecule has 0 atom stereocenters. The van der Waals surface area contributed by atoms with E-state index in [9.17, 15) is 9.59 Å². The number of nitrogens with one attached hydrogen (secondary N) is 1. The summed E-state index contributed by atoms with van der Waals surface area (Å²) in [5.41, 5.74) is 0.538. The number of carbonyl (C=O) groups is 2. The van der Waals surface area contributed by atoms with Gasteiger partial charge >= 0.3 is 5.97 Å². The Kier molecular flexibility index (Phi) is 5.32. The summed E-state index contributed by atoms with van der Waals surface area (Å²) < 4.78 is 0.470. The number of rotatable bonds is 4. The third-order valence-electron chi connectivity index (χ3n) is 2.02. The van der Waals surface area contributed by atoms with E-state index in [-0.39, 0.29) is 11.5 Å². The molecule has 94 valence electrons. The third-order valence-corrected chi connectivity index (χ3v) is 2.71. The van der Waals surface area contributed by atoms with Gasteiger partial charge in [-0.15, -0.1) is 0 Å². The van der Waals surface area contributed by atoms with Gasteiger partial charge in [0.1, 0.15) is 0 Å². The van der Waals surface area contributed by atoms with Crippen LogP contribution in [-0.2, 0) is 4.79 Å². The van der Waals surface area contributed by atoms with Crippen molar-refractivity contribution < 1.29 is 14.7 Å². The minimum Gasteiger partial charge on any atom is -0.478 e. The van der Waals surface area contributed by atoms with Crippen molar-refractivity contribution in [2.24, 2.45) is 0 Å². The summed E-state index contributed by atoms with van der Waals surface area (Å²) >= 11 is 3.13. The van der Waals surface area contributed by atoms with Crippen LogP contribution in [0.3, 0.4) is 0 Å². The van der Waals surface area contributed by atoms with Crippen molar-refractivity contribution in [3.05, 3.63) is 52.5 Å². The lowest BCUT2D eigenvalue weighted by Gasteiger charge is -2.05. The zero-order chi connectivity index (χ0) is 13.5. The van der Waals surface area contributed by atoms with Crippen LogP contribution in [0.2, 0.25) is 0 Å². The highest BCUT2D eigenvalue weighted by Gasteiger charge is 2.09. The SMILES string of the molecule is CC=CC=CC(=O)Nc1ccc(Br)c(C(=O)O)c1. The van der Waals surface area contributed by atoms with Gasteiger partial charge < -0.3 is 10.4 Å². The van der Waals surface area contributed by atoms with Crippen molar-refractivity contribution in [1.29, 1.82) is 0 Å². The molecule has 0 saturated heterocycles. The zero-order valence-electron chi connectivity index (χ0n) is 9.68. The van der Waals surface area contributed by atoms with Crippen LogP contribution in [0.25, 0.3) is 0 Å². The molecular formula is C13H12BrNO3. The van der Waals surface area contributed by atoms with Gasteiger partial charge in [-0.3, -0.25) is 4.79 Å². The van der Waals surface area contributed by atoms with Crippen molar-refractivity contribution in [2.75, 3.05) is 5.32 Å². The van der Waals surface area contributed by atoms with Gasteiger partial charge in [0.05, 0.1) is 5.56 Å². The molecule has 18 heavy (non-hydrogen) atoms. The van der Waals surface area contributed by atoms with E-state index >= 15 is 0 Å². The first-order valence-corrected chi connectivity index (χ1v) is 5.97.